The summed E-state index contributed by atoms with van der Waals surface area (Å²) in [5.41, 5.74) is 1.40. The maximum atomic E-state index is 11.8. The molecule has 0 saturated heterocycles. The van der Waals surface area contributed by atoms with Gasteiger partial charge in [0, 0.05) is 17.7 Å². The van der Waals surface area contributed by atoms with E-state index in [9.17, 15) is 19.7 Å². The van der Waals surface area contributed by atoms with E-state index in [0.717, 1.165) is 11.6 Å². The Morgan fingerprint density at radius 2 is 1.93 bits per heavy atom. The molecule has 0 heterocycles. The molecule has 8 heteroatoms. The number of ether oxygens (including phenoxy) is 2. The summed E-state index contributed by atoms with van der Waals surface area (Å²) < 4.78 is 9.70. The molecule has 0 unspecified atom stereocenters. The average Bonchev–Trinajstić information content (AvgIpc) is 2.70. The Hall–Kier alpha value is -3.86. The first kappa shape index (κ1) is 20.5. The van der Waals surface area contributed by atoms with Crippen LogP contribution in [0.3, 0.4) is 0 Å². The zero-order valence-electron chi connectivity index (χ0n) is 15.4. The van der Waals surface area contributed by atoms with Gasteiger partial charge in [0.1, 0.15) is 6.61 Å². The van der Waals surface area contributed by atoms with Gasteiger partial charge < -0.3 is 14.8 Å². The summed E-state index contributed by atoms with van der Waals surface area (Å²) in [6.45, 7) is 1.72. The number of rotatable bonds is 5. The second kappa shape index (κ2) is 9.73. The van der Waals surface area contributed by atoms with Crippen LogP contribution in [-0.2, 0) is 16.1 Å². The van der Waals surface area contributed by atoms with Crippen LogP contribution in [0.15, 0.2) is 42.5 Å². The number of benzene rings is 2. The number of esters is 1. The van der Waals surface area contributed by atoms with Gasteiger partial charge in [-0.1, -0.05) is 42.2 Å². The van der Waals surface area contributed by atoms with Crippen molar-refractivity contribution in [1.82, 2.24) is 5.32 Å². The summed E-state index contributed by atoms with van der Waals surface area (Å²) in [5.74, 6) is 4.72. The molecular weight excluding hydrogens is 364 g/mol. The standard InChI is InChI=1S/C20H18N2O6/c1-14-16(11-17(22(25)26)12-18(14)19(23)27-2)9-6-10-21-20(24)28-13-15-7-4-3-5-8-15/h3-5,7-8,11-12H,10,13H2,1-2H3,(H,21,24). The lowest BCUT2D eigenvalue weighted by atomic mass is 10.0. The maximum absolute atomic E-state index is 11.8. The minimum absolute atomic E-state index is 0.0245. The summed E-state index contributed by atoms with van der Waals surface area (Å²) in [6.07, 6.45) is -0.635. The van der Waals surface area contributed by atoms with E-state index in [-0.39, 0.29) is 24.4 Å². The highest BCUT2D eigenvalue weighted by atomic mass is 16.6. The SMILES string of the molecule is COC(=O)c1cc([N+](=O)[O-])cc(C#CCNC(=O)OCc2ccccc2)c1C. The van der Waals surface area contributed by atoms with Gasteiger partial charge in [-0.25, -0.2) is 9.59 Å². The van der Waals surface area contributed by atoms with Crippen molar-refractivity contribution in [2.24, 2.45) is 0 Å². The molecule has 0 aliphatic rings. The molecule has 8 nitrogen and oxygen atoms in total. The molecule has 2 aromatic carbocycles. The number of nitrogens with zero attached hydrogens (tertiary/aromatic N) is 1. The van der Waals surface area contributed by atoms with E-state index in [2.05, 4.69) is 21.9 Å². The first-order chi connectivity index (χ1) is 13.4. The minimum Gasteiger partial charge on any atom is -0.465 e. The highest BCUT2D eigenvalue weighted by molar-refractivity contribution is 5.92. The van der Waals surface area contributed by atoms with E-state index >= 15 is 0 Å². The van der Waals surface area contributed by atoms with Gasteiger partial charge in [-0.3, -0.25) is 10.1 Å². The fourth-order valence-electron chi connectivity index (χ4n) is 2.29. The third kappa shape index (κ3) is 5.57. The van der Waals surface area contributed by atoms with E-state index in [1.54, 1.807) is 6.92 Å². The van der Waals surface area contributed by atoms with Gasteiger partial charge in [0.25, 0.3) is 5.69 Å². The molecule has 0 aliphatic heterocycles. The molecule has 1 amide bonds. The second-order valence-corrected chi connectivity index (χ2v) is 5.63. The first-order valence-electron chi connectivity index (χ1n) is 8.23. The summed E-state index contributed by atoms with van der Waals surface area (Å²) in [5, 5.41) is 13.5. The number of nitro groups is 1. The Bertz CT molecular complexity index is 944. The number of carbonyl (C=O) groups is 2. The smallest absolute Gasteiger partial charge is 0.408 e. The molecule has 0 aromatic heterocycles. The molecule has 28 heavy (non-hydrogen) atoms. The molecule has 0 spiro atoms. The molecular formula is C20H18N2O6. The Balaban J connectivity index is 2.02. The largest absolute Gasteiger partial charge is 0.465 e. The summed E-state index contributed by atoms with van der Waals surface area (Å²) in [4.78, 5) is 33.9. The van der Waals surface area contributed by atoms with Crippen LogP contribution < -0.4 is 5.32 Å². The Morgan fingerprint density at radius 3 is 2.57 bits per heavy atom. The van der Waals surface area contributed by atoms with E-state index in [1.165, 1.54) is 13.2 Å². The molecule has 0 atom stereocenters. The first-order valence-corrected chi connectivity index (χ1v) is 8.23. The van der Waals surface area contributed by atoms with Crippen LogP contribution >= 0.6 is 0 Å². The summed E-state index contributed by atoms with van der Waals surface area (Å²) >= 11 is 0. The predicted octanol–water partition coefficient (Wildman–Crippen LogP) is 2.97. The fraction of sp³-hybridized carbons (Fsp3) is 0.200. The quantitative estimate of drug-likeness (QED) is 0.369. The van der Waals surface area contributed by atoms with Gasteiger partial charge in [-0.05, 0) is 18.1 Å². The lowest BCUT2D eigenvalue weighted by molar-refractivity contribution is -0.384. The van der Waals surface area contributed by atoms with Crippen molar-refractivity contribution in [2.75, 3.05) is 13.7 Å². The van der Waals surface area contributed by atoms with Crippen molar-refractivity contribution >= 4 is 17.7 Å². The van der Waals surface area contributed by atoms with Crippen LogP contribution in [0.2, 0.25) is 0 Å². The van der Waals surface area contributed by atoms with Gasteiger partial charge in [-0.2, -0.15) is 0 Å². The number of methoxy groups -OCH3 is 1. The topological polar surface area (TPSA) is 108 Å². The minimum atomic E-state index is -0.688. The van der Waals surface area contributed by atoms with Gasteiger partial charge in [0.2, 0.25) is 0 Å². The van der Waals surface area contributed by atoms with E-state index in [4.69, 9.17) is 4.74 Å². The predicted molar refractivity (Wildman–Crippen MR) is 101 cm³/mol. The average molecular weight is 382 g/mol. The highest BCUT2D eigenvalue weighted by Gasteiger charge is 2.18. The Morgan fingerprint density at radius 1 is 1.21 bits per heavy atom. The zero-order chi connectivity index (χ0) is 20.5. The normalized spacial score (nSPS) is 9.64. The third-order valence-corrected chi connectivity index (χ3v) is 3.77. The molecule has 2 rings (SSSR count). The van der Waals surface area contributed by atoms with Crippen LogP contribution in [0.1, 0.15) is 27.0 Å². The number of alkyl carbamates (subject to hydrolysis) is 1. The lowest BCUT2D eigenvalue weighted by Gasteiger charge is -2.06. The van der Waals surface area contributed by atoms with Gasteiger partial charge in [0.15, 0.2) is 0 Å². The van der Waals surface area contributed by atoms with Crippen molar-refractivity contribution in [3.63, 3.8) is 0 Å². The van der Waals surface area contributed by atoms with E-state index in [0.29, 0.717) is 11.1 Å². The molecule has 0 bridgehead atoms. The molecule has 0 radical (unpaired) electrons. The van der Waals surface area contributed by atoms with Crippen LogP contribution in [0, 0.1) is 28.9 Å². The third-order valence-electron chi connectivity index (χ3n) is 3.77. The van der Waals surface area contributed by atoms with Crippen molar-refractivity contribution in [1.29, 1.82) is 0 Å². The van der Waals surface area contributed by atoms with Crippen LogP contribution in [0.5, 0.6) is 0 Å². The van der Waals surface area contributed by atoms with E-state index in [1.807, 2.05) is 30.3 Å². The van der Waals surface area contributed by atoms with Crippen LogP contribution in [0.4, 0.5) is 10.5 Å². The van der Waals surface area contributed by atoms with Crippen molar-refractivity contribution in [3.05, 3.63) is 74.8 Å². The molecule has 0 aliphatic carbocycles. The highest BCUT2D eigenvalue weighted by Crippen LogP contribution is 2.22. The van der Waals surface area contributed by atoms with Crippen LogP contribution in [-0.4, -0.2) is 30.6 Å². The number of hydrogen-bond acceptors (Lipinski definition) is 6. The van der Waals surface area contributed by atoms with Gasteiger partial charge in [-0.15, -0.1) is 0 Å². The number of nitro benzene ring substituents is 1. The Kier molecular flexibility index (Phi) is 7.11. The van der Waals surface area contributed by atoms with Crippen molar-refractivity contribution in [3.8, 4) is 11.8 Å². The molecule has 144 valence electrons. The Labute approximate surface area is 161 Å². The van der Waals surface area contributed by atoms with Crippen molar-refractivity contribution < 1.29 is 24.0 Å². The monoisotopic (exact) mass is 382 g/mol. The zero-order valence-corrected chi connectivity index (χ0v) is 15.4. The number of amides is 1. The molecule has 1 N–H and O–H groups in total. The maximum Gasteiger partial charge on any atom is 0.408 e. The number of carbonyl (C=O) groups excluding carboxylic acids is 2. The number of nitrogens with one attached hydrogen (secondary N) is 1. The number of hydrogen-bond donors (Lipinski definition) is 1. The lowest BCUT2D eigenvalue weighted by Crippen LogP contribution is -2.24. The van der Waals surface area contributed by atoms with Gasteiger partial charge >= 0.3 is 12.1 Å². The van der Waals surface area contributed by atoms with Gasteiger partial charge in [0.05, 0.1) is 24.1 Å². The fourth-order valence-corrected chi connectivity index (χ4v) is 2.29. The van der Waals surface area contributed by atoms with E-state index < -0.39 is 17.0 Å². The molecule has 2 aromatic rings. The molecule has 0 saturated carbocycles. The summed E-state index contributed by atoms with van der Waals surface area (Å²) in [6, 6.07) is 11.6. The second-order valence-electron chi connectivity index (χ2n) is 5.63. The van der Waals surface area contributed by atoms with Crippen LogP contribution in [0.25, 0.3) is 0 Å². The number of non-ortho nitro benzene ring substituents is 1. The van der Waals surface area contributed by atoms with Crippen molar-refractivity contribution in [2.45, 2.75) is 13.5 Å². The summed E-state index contributed by atoms with van der Waals surface area (Å²) in [7, 11) is 1.19. The molecule has 0 fully saturated rings.